The normalized spacial score (nSPS) is 13.1. The Kier molecular flexibility index (Phi) is 4.79. The fourth-order valence-electron chi connectivity index (χ4n) is 1.74. The molecule has 0 amide bonds. The predicted octanol–water partition coefficient (Wildman–Crippen LogP) is 2.07. The summed E-state index contributed by atoms with van der Waals surface area (Å²) in [4.78, 5) is 0. The molecule has 1 aromatic carbocycles. The van der Waals surface area contributed by atoms with Gasteiger partial charge in [0.05, 0.1) is 0 Å². The number of likely N-dealkylation sites (N-methyl/N-ethyl adjacent to an activating group) is 1. The number of rotatable bonds is 5. The van der Waals surface area contributed by atoms with Crippen molar-refractivity contribution in [3.05, 3.63) is 35.4 Å². The van der Waals surface area contributed by atoms with E-state index >= 15 is 0 Å². The summed E-state index contributed by atoms with van der Waals surface area (Å²) in [6, 6.07) is 8.81. The molecule has 0 aliphatic carbocycles. The van der Waals surface area contributed by atoms with Crippen LogP contribution in [0, 0.1) is 0 Å². The molecule has 0 fully saturated rings. The van der Waals surface area contributed by atoms with Crippen molar-refractivity contribution in [2.75, 3.05) is 20.1 Å². The predicted molar refractivity (Wildman–Crippen MR) is 66.3 cm³/mol. The summed E-state index contributed by atoms with van der Waals surface area (Å²) in [5.41, 5.74) is 8.47. The molecule has 1 rings (SSSR count). The highest BCUT2D eigenvalue weighted by Crippen LogP contribution is 2.19. The van der Waals surface area contributed by atoms with Crippen LogP contribution >= 0.6 is 0 Å². The lowest BCUT2D eigenvalue weighted by Crippen LogP contribution is -2.23. The van der Waals surface area contributed by atoms with Crippen LogP contribution in [0.25, 0.3) is 0 Å². The Bertz CT molecular complexity index is 277. The van der Waals surface area contributed by atoms with Gasteiger partial charge in [0.25, 0.3) is 0 Å². The molecular weight excluding hydrogens is 184 g/mol. The minimum absolute atomic E-state index is 0.427. The fourth-order valence-corrected chi connectivity index (χ4v) is 1.74. The van der Waals surface area contributed by atoms with Crippen LogP contribution in [0.1, 0.15) is 36.8 Å². The minimum atomic E-state index is 0.427. The minimum Gasteiger partial charge on any atom is -0.330 e. The van der Waals surface area contributed by atoms with Gasteiger partial charge < -0.3 is 11.1 Å². The van der Waals surface area contributed by atoms with Gasteiger partial charge in [-0.25, -0.2) is 0 Å². The lowest BCUT2D eigenvalue weighted by atomic mass is 9.95. The van der Waals surface area contributed by atoms with Crippen LogP contribution in [0.15, 0.2) is 24.3 Å². The lowest BCUT2D eigenvalue weighted by molar-refractivity contribution is 0.637. The van der Waals surface area contributed by atoms with E-state index in [2.05, 4.69) is 43.4 Å². The molecule has 0 spiro atoms. The van der Waals surface area contributed by atoms with E-state index < -0.39 is 0 Å². The van der Waals surface area contributed by atoms with Gasteiger partial charge in [-0.2, -0.15) is 0 Å². The smallest absolute Gasteiger partial charge is 0.00862 e. The first-order valence-electron chi connectivity index (χ1n) is 5.63. The number of hydrogen-bond acceptors (Lipinski definition) is 2. The van der Waals surface area contributed by atoms with Crippen LogP contribution in [0.3, 0.4) is 0 Å². The Morgan fingerprint density at radius 3 is 2.07 bits per heavy atom. The molecule has 0 aliphatic rings. The summed E-state index contributed by atoms with van der Waals surface area (Å²) in [5.74, 6) is 1.02. The van der Waals surface area contributed by atoms with Gasteiger partial charge in [-0.15, -0.1) is 0 Å². The second-order valence-electron chi connectivity index (χ2n) is 4.31. The number of hydrogen-bond donors (Lipinski definition) is 2. The maximum absolute atomic E-state index is 5.75. The lowest BCUT2D eigenvalue weighted by Gasteiger charge is -2.15. The van der Waals surface area contributed by atoms with Crippen molar-refractivity contribution < 1.29 is 0 Å². The Morgan fingerprint density at radius 2 is 1.67 bits per heavy atom. The largest absolute Gasteiger partial charge is 0.330 e. The summed E-state index contributed by atoms with van der Waals surface area (Å²) in [7, 11) is 1.96. The fraction of sp³-hybridized carbons (Fsp3) is 0.538. The van der Waals surface area contributed by atoms with E-state index in [-0.39, 0.29) is 0 Å². The average Bonchev–Trinajstić information content (AvgIpc) is 2.26. The first kappa shape index (κ1) is 12.2. The van der Waals surface area contributed by atoms with Gasteiger partial charge in [0, 0.05) is 19.0 Å². The van der Waals surface area contributed by atoms with E-state index in [1.807, 2.05) is 7.05 Å². The Balaban J connectivity index is 2.77. The van der Waals surface area contributed by atoms with Crippen molar-refractivity contribution in [3.63, 3.8) is 0 Å². The van der Waals surface area contributed by atoms with Crippen molar-refractivity contribution >= 4 is 0 Å². The molecule has 1 aromatic rings. The summed E-state index contributed by atoms with van der Waals surface area (Å²) in [5, 5.41) is 3.17. The summed E-state index contributed by atoms with van der Waals surface area (Å²) >= 11 is 0. The van der Waals surface area contributed by atoms with Crippen molar-refractivity contribution in [2.45, 2.75) is 25.7 Å². The molecule has 1 atom stereocenters. The maximum Gasteiger partial charge on any atom is 0.00862 e. The highest BCUT2D eigenvalue weighted by Gasteiger charge is 2.08. The van der Waals surface area contributed by atoms with Gasteiger partial charge in [0.1, 0.15) is 0 Å². The van der Waals surface area contributed by atoms with Crippen molar-refractivity contribution in [1.29, 1.82) is 0 Å². The van der Waals surface area contributed by atoms with Crippen LogP contribution in [0.5, 0.6) is 0 Å². The zero-order valence-corrected chi connectivity index (χ0v) is 9.96. The van der Waals surface area contributed by atoms with Gasteiger partial charge in [0.15, 0.2) is 0 Å². The molecule has 3 N–H and O–H groups in total. The Hall–Kier alpha value is -0.860. The van der Waals surface area contributed by atoms with Gasteiger partial charge in [0.2, 0.25) is 0 Å². The summed E-state index contributed by atoms with van der Waals surface area (Å²) in [6.45, 7) is 6.06. The first-order chi connectivity index (χ1) is 7.19. The topological polar surface area (TPSA) is 38.0 Å². The molecule has 0 bridgehead atoms. The summed E-state index contributed by atoms with van der Waals surface area (Å²) < 4.78 is 0. The van der Waals surface area contributed by atoms with E-state index in [0.29, 0.717) is 18.4 Å². The molecular formula is C13H22N2. The van der Waals surface area contributed by atoms with Gasteiger partial charge >= 0.3 is 0 Å². The molecule has 0 aliphatic heterocycles. The van der Waals surface area contributed by atoms with Crippen LogP contribution < -0.4 is 11.1 Å². The van der Waals surface area contributed by atoms with Crippen molar-refractivity contribution in [1.82, 2.24) is 5.32 Å². The van der Waals surface area contributed by atoms with Crippen molar-refractivity contribution in [3.8, 4) is 0 Å². The maximum atomic E-state index is 5.75. The molecule has 84 valence electrons. The molecule has 0 saturated carbocycles. The van der Waals surface area contributed by atoms with E-state index in [0.717, 1.165) is 6.54 Å². The number of nitrogens with two attached hydrogens (primary N) is 1. The third-order valence-corrected chi connectivity index (χ3v) is 2.81. The number of benzene rings is 1. The molecule has 1 unspecified atom stereocenters. The van der Waals surface area contributed by atoms with Crippen LogP contribution in [-0.4, -0.2) is 20.1 Å². The zero-order chi connectivity index (χ0) is 11.3. The van der Waals surface area contributed by atoms with Crippen molar-refractivity contribution in [2.24, 2.45) is 5.73 Å². The Morgan fingerprint density at radius 1 is 1.13 bits per heavy atom. The van der Waals surface area contributed by atoms with E-state index in [4.69, 9.17) is 5.73 Å². The second-order valence-corrected chi connectivity index (χ2v) is 4.31. The monoisotopic (exact) mass is 206 g/mol. The highest BCUT2D eigenvalue weighted by molar-refractivity contribution is 5.27. The van der Waals surface area contributed by atoms with Crippen LogP contribution in [-0.2, 0) is 0 Å². The second kappa shape index (κ2) is 5.89. The quantitative estimate of drug-likeness (QED) is 0.774. The van der Waals surface area contributed by atoms with Crippen LogP contribution in [0.4, 0.5) is 0 Å². The molecule has 0 saturated heterocycles. The highest BCUT2D eigenvalue weighted by atomic mass is 14.8. The molecule has 0 heterocycles. The van der Waals surface area contributed by atoms with E-state index in [1.54, 1.807) is 0 Å². The standard InChI is InChI=1S/C13H22N2/c1-10(2)11-4-6-12(7-5-11)13(8-14)9-15-3/h4-7,10,13,15H,8-9,14H2,1-3H3. The molecule has 2 nitrogen and oxygen atoms in total. The third-order valence-electron chi connectivity index (χ3n) is 2.81. The SMILES string of the molecule is CNCC(CN)c1ccc(C(C)C)cc1. The van der Waals surface area contributed by atoms with Gasteiger partial charge in [-0.05, 0) is 24.1 Å². The van der Waals surface area contributed by atoms with E-state index in [9.17, 15) is 0 Å². The average molecular weight is 206 g/mol. The molecule has 0 radical (unpaired) electrons. The van der Waals surface area contributed by atoms with E-state index in [1.165, 1.54) is 11.1 Å². The third kappa shape index (κ3) is 3.33. The first-order valence-corrected chi connectivity index (χ1v) is 5.63. The van der Waals surface area contributed by atoms with Gasteiger partial charge in [-0.1, -0.05) is 38.1 Å². The zero-order valence-electron chi connectivity index (χ0n) is 9.96. The van der Waals surface area contributed by atoms with Gasteiger partial charge in [-0.3, -0.25) is 0 Å². The number of nitrogens with one attached hydrogen (secondary N) is 1. The van der Waals surface area contributed by atoms with Crippen LogP contribution in [0.2, 0.25) is 0 Å². The molecule has 2 heteroatoms. The molecule has 0 aromatic heterocycles. The Labute approximate surface area is 92.9 Å². The molecule has 15 heavy (non-hydrogen) atoms. The summed E-state index contributed by atoms with van der Waals surface area (Å²) in [6.07, 6.45) is 0.